The van der Waals surface area contributed by atoms with E-state index >= 15 is 0 Å². The molecule has 0 aromatic carbocycles. The van der Waals surface area contributed by atoms with Crippen molar-refractivity contribution < 1.29 is 9.84 Å². The highest BCUT2D eigenvalue weighted by molar-refractivity contribution is 5.16. The first kappa shape index (κ1) is 8.27. The van der Waals surface area contributed by atoms with Gasteiger partial charge in [0.1, 0.15) is 6.10 Å². The number of hydrogen-bond acceptors (Lipinski definition) is 2. The molecule has 0 amide bonds. The van der Waals surface area contributed by atoms with Crippen LogP contribution < -0.4 is 0 Å². The van der Waals surface area contributed by atoms with Crippen molar-refractivity contribution in [3.8, 4) is 0 Å². The molecule has 2 heteroatoms. The zero-order chi connectivity index (χ0) is 8.82. The monoisotopic (exact) mass is 168 g/mol. The first-order chi connectivity index (χ1) is 5.61. The van der Waals surface area contributed by atoms with Crippen LogP contribution in [0.15, 0.2) is 12.7 Å². The lowest BCUT2D eigenvalue weighted by Crippen LogP contribution is -2.32. The number of allylic oxidation sites excluding steroid dienone is 1. The van der Waals surface area contributed by atoms with E-state index < -0.39 is 5.60 Å². The molecule has 2 nitrogen and oxygen atoms in total. The minimum atomic E-state index is -0.553. The van der Waals surface area contributed by atoms with E-state index in [0.717, 1.165) is 25.7 Å². The number of rotatable bonds is 3. The van der Waals surface area contributed by atoms with Gasteiger partial charge >= 0.3 is 0 Å². The Morgan fingerprint density at radius 3 is 2.83 bits per heavy atom. The van der Waals surface area contributed by atoms with E-state index in [0.29, 0.717) is 0 Å². The van der Waals surface area contributed by atoms with Crippen molar-refractivity contribution in [1.82, 2.24) is 0 Å². The lowest BCUT2D eigenvalue weighted by atomic mass is 9.94. The molecule has 0 bridgehead atoms. The predicted molar refractivity (Wildman–Crippen MR) is 46.9 cm³/mol. The Labute approximate surface area is 73.2 Å². The number of hydrogen-bond donors (Lipinski definition) is 1. The summed E-state index contributed by atoms with van der Waals surface area (Å²) in [6.07, 6.45) is 5.54. The van der Waals surface area contributed by atoms with Gasteiger partial charge in [0.25, 0.3) is 0 Å². The highest BCUT2D eigenvalue weighted by Gasteiger charge is 2.67. The average Bonchev–Trinajstić information content (AvgIpc) is 2.67. The molecule has 1 N–H and O–H groups in total. The van der Waals surface area contributed by atoms with Crippen molar-refractivity contribution >= 4 is 0 Å². The van der Waals surface area contributed by atoms with Crippen LogP contribution in [0.4, 0.5) is 0 Å². The molecule has 1 aliphatic carbocycles. The fourth-order valence-corrected chi connectivity index (χ4v) is 2.31. The smallest absolute Gasteiger partial charge is 0.116 e. The Balaban J connectivity index is 1.99. The fraction of sp³-hybridized carbons (Fsp3) is 0.800. The molecule has 0 aromatic heterocycles. The van der Waals surface area contributed by atoms with Crippen molar-refractivity contribution in [2.24, 2.45) is 0 Å². The maximum atomic E-state index is 10.1. The molecule has 1 aliphatic heterocycles. The summed E-state index contributed by atoms with van der Waals surface area (Å²) in [6.45, 7) is 5.74. The van der Waals surface area contributed by atoms with E-state index in [1.807, 2.05) is 6.08 Å². The van der Waals surface area contributed by atoms with Gasteiger partial charge in [-0.3, -0.25) is 0 Å². The summed E-state index contributed by atoms with van der Waals surface area (Å²) < 4.78 is 5.47. The highest BCUT2D eigenvalue weighted by Crippen LogP contribution is 2.56. The number of fused-ring (bicyclic) bond motifs is 1. The molecular formula is C10H16O2. The molecule has 68 valence electrons. The van der Waals surface area contributed by atoms with E-state index in [1.165, 1.54) is 0 Å². The Bertz CT molecular complexity index is 214. The van der Waals surface area contributed by atoms with Crippen LogP contribution in [0.25, 0.3) is 0 Å². The fourth-order valence-electron chi connectivity index (χ4n) is 2.31. The number of ether oxygens (including phenoxy) is 1. The summed E-state index contributed by atoms with van der Waals surface area (Å²) in [5.74, 6) is 0. The topological polar surface area (TPSA) is 32.8 Å². The molecule has 1 heterocycles. The second kappa shape index (κ2) is 2.33. The van der Waals surface area contributed by atoms with Crippen LogP contribution in [-0.4, -0.2) is 22.4 Å². The first-order valence-electron chi connectivity index (χ1n) is 4.62. The maximum absolute atomic E-state index is 10.1. The highest BCUT2D eigenvalue weighted by atomic mass is 16.6. The van der Waals surface area contributed by atoms with E-state index in [2.05, 4.69) is 13.5 Å². The lowest BCUT2D eigenvalue weighted by Gasteiger charge is -2.21. The molecule has 0 spiro atoms. The van der Waals surface area contributed by atoms with Gasteiger partial charge in [-0.1, -0.05) is 6.08 Å². The normalized spacial score (nSPS) is 50.3. The maximum Gasteiger partial charge on any atom is 0.116 e. The zero-order valence-electron chi connectivity index (χ0n) is 7.55. The minimum absolute atomic E-state index is 0.00984. The molecule has 3 atom stereocenters. The molecule has 0 unspecified atom stereocenters. The Morgan fingerprint density at radius 2 is 2.42 bits per heavy atom. The van der Waals surface area contributed by atoms with Crippen molar-refractivity contribution in [1.29, 1.82) is 0 Å². The van der Waals surface area contributed by atoms with E-state index in [9.17, 15) is 5.11 Å². The molecule has 2 rings (SSSR count). The van der Waals surface area contributed by atoms with Crippen LogP contribution in [0.3, 0.4) is 0 Å². The summed E-state index contributed by atoms with van der Waals surface area (Å²) in [7, 11) is 0. The van der Waals surface area contributed by atoms with Gasteiger partial charge in [-0.25, -0.2) is 0 Å². The molecule has 2 fully saturated rings. The van der Waals surface area contributed by atoms with Gasteiger partial charge in [-0.15, -0.1) is 6.58 Å². The van der Waals surface area contributed by atoms with Crippen molar-refractivity contribution in [3.05, 3.63) is 12.7 Å². The largest absolute Gasteiger partial charge is 0.387 e. The van der Waals surface area contributed by atoms with E-state index in [1.54, 1.807) is 0 Å². The van der Waals surface area contributed by atoms with E-state index in [4.69, 9.17) is 4.74 Å². The van der Waals surface area contributed by atoms with Gasteiger partial charge in [-0.2, -0.15) is 0 Å². The van der Waals surface area contributed by atoms with Crippen LogP contribution >= 0.6 is 0 Å². The zero-order valence-corrected chi connectivity index (χ0v) is 7.55. The third-order valence-corrected chi connectivity index (χ3v) is 3.21. The van der Waals surface area contributed by atoms with Gasteiger partial charge in [0.05, 0.1) is 11.2 Å². The third kappa shape index (κ3) is 1.02. The van der Waals surface area contributed by atoms with Gasteiger partial charge in [0.15, 0.2) is 0 Å². The van der Waals surface area contributed by atoms with Crippen LogP contribution in [0.1, 0.15) is 32.6 Å². The molecular weight excluding hydrogens is 152 g/mol. The minimum Gasteiger partial charge on any atom is -0.387 e. The summed E-state index contributed by atoms with van der Waals surface area (Å²) in [5, 5.41) is 10.1. The Hall–Kier alpha value is -0.340. The SMILES string of the molecule is C=CCC[C@@]1(O)CC[C@]2(C)O[C@H]12. The quantitative estimate of drug-likeness (QED) is 0.513. The third-order valence-electron chi connectivity index (χ3n) is 3.21. The molecule has 12 heavy (non-hydrogen) atoms. The number of epoxide rings is 1. The average molecular weight is 168 g/mol. The Kier molecular flexibility index (Phi) is 1.61. The summed E-state index contributed by atoms with van der Waals surface area (Å²) in [4.78, 5) is 0. The van der Waals surface area contributed by atoms with Gasteiger partial charge in [0.2, 0.25) is 0 Å². The standard InChI is InChI=1S/C10H16O2/c1-3-4-5-10(11)7-6-9(2)8(10)12-9/h3,8,11H,1,4-7H2,2H3/t8-,9-,10+/m0/s1. The van der Waals surface area contributed by atoms with Gasteiger partial charge in [-0.05, 0) is 32.6 Å². The van der Waals surface area contributed by atoms with Crippen molar-refractivity contribution in [2.75, 3.05) is 0 Å². The van der Waals surface area contributed by atoms with Crippen molar-refractivity contribution in [3.63, 3.8) is 0 Å². The van der Waals surface area contributed by atoms with Crippen LogP contribution in [0.5, 0.6) is 0 Å². The summed E-state index contributed by atoms with van der Waals surface area (Å²) in [6, 6.07) is 0. The summed E-state index contributed by atoms with van der Waals surface area (Å²) >= 11 is 0. The molecule has 2 aliphatic rings. The molecule has 0 aromatic rings. The second-order valence-corrected chi connectivity index (χ2v) is 4.24. The van der Waals surface area contributed by atoms with E-state index in [-0.39, 0.29) is 11.7 Å². The lowest BCUT2D eigenvalue weighted by molar-refractivity contribution is -0.00481. The number of aliphatic hydroxyl groups is 1. The van der Waals surface area contributed by atoms with Gasteiger partial charge < -0.3 is 9.84 Å². The molecule has 0 radical (unpaired) electrons. The molecule has 1 saturated heterocycles. The van der Waals surface area contributed by atoms with Gasteiger partial charge in [0, 0.05) is 0 Å². The van der Waals surface area contributed by atoms with Crippen LogP contribution in [-0.2, 0) is 4.74 Å². The first-order valence-corrected chi connectivity index (χ1v) is 4.62. The molecule has 1 saturated carbocycles. The van der Waals surface area contributed by atoms with Crippen LogP contribution in [0, 0.1) is 0 Å². The second-order valence-electron chi connectivity index (χ2n) is 4.24. The van der Waals surface area contributed by atoms with Crippen LogP contribution in [0.2, 0.25) is 0 Å². The summed E-state index contributed by atoms with van der Waals surface area (Å²) in [5.41, 5.74) is -0.543. The van der Waals surface area contributed by atoms with Crippen molar-refractivity contribution in [2.45, 2.75) is 49.9 Å². The predicted octanol–water partition coefficient (Wildman–Crippen LogP) is 1.64. The Morgan fingerprint density at radius 1 is 1.67 bits per heavy atom.